The molecule has 68 valence electrons. The van der Waals surface area contributed by atoms with E-state index in [9.17, 15) is 12.8 Å². The van der Waals surface area contributed by atoms with E-state index in [0.29, 0.717) is 3.97 Å². The van der Waals surface area contributed by atoms with E-state index in [2.05, 4.69) is 0 Å². The van der Waals surface area contributed by atoms with Crippen LogP contribution in [0, 0.1) is 0 Å². The summed E-state index contributed by atoms with van der Waals surface area (Å²) in [5.74, 6) is 0. The summed E-state index contributed by atoms with van der Waals surface area (Å²) in [6.45, 7) is 0. The smallest absolute Gasteiger partial charge is 0.248 e. The first-order chi connectivity index (χ1) is 5.36. The van der Waals surface area contributed by atoms with Crippen LogP contribution in [0.15, 0.2) is 24.5 Å². The van der Waals surface area contributed by atoms with Gasteiger partial charge in [-0.1, -0.05) is 0 Å². The van der Waals surface area contributed by atoms with Gasteiger partial charge in [0.15, 0.2) is 0 Å². The molecule has 3 nitrogen and oxygen atoms in total. The maximum atomic E-state index is 12.7. The van der Waals surface area contributed by atoms with Crippen LogP contribution in [0.4, 0.5) is 4.39 Å². The highest BCUT2D eigenvalue weighted by Gasteiger charge is 2.41. The molecule has 0 unspecified atom stereocenters. The molecule has 0 saturated heterocycles. The number of nitrogens with zero attached hydrogens (tertiary/aromatic N) is 1. The first kappa shape index (κ1) is 9.83. The van der Waals surface area contributed by atoms with E-state index in [0.717, 1.165) is 12.4 Å². The third-order valence-electron chi connectivity index (χ3n) is 1.15. The fraction of sp³-hybridized carbons (Fsp3) is 0.200. The van der Waals surface area contributed by atoms with E-state index in [1.165, 1.54) is 12.1 Å². The van der Waals surface area contributed by atoms with Gasteiger partial charge in [0.25, 0.3) is 0 Å². The molecule has 0 aliphatic carbocycles. The van der Waals surface area contributed by atoms with Crippen LogP contribution >= 0.6 is 23.2 Å². The molecule has 7 heteroatoms. The fourth-order valence-electron chi connectivity index (χ4n) is 0.598. The van der Waals surface area contributed by atoms with Crippen molar-refractivity contribution in [1.29, 1.82) is 0 Å². The highest BCUT2D eigenvalue weighted by molar-refractivity contribution is 7.93. The van der Waals surface area contributed by atoms with Gasteiger partial charge in [0, 0.05) is 12.4 Å². The Morgan fingerprint density at radius 1 is 1.25 bits per heavy atom. The van der Waals surface area contributed by atoms with Crippen molar-refractivity contribution < 1.29 is 12.8 Å². The van der Waals surface area contributed by atoms with Crippen LogP contribution in [0.5, 0.6) is 0 Å². The van der Waals surface area contributed by atoms with Crippen molar-refractivity contribution in [2.75, 3.05) is 0 Å². The number of alkyl halides is 3. The molecule has 1 heterocycles. The van der Waals surface area contributed by atoms with Crippen LogP contribution < -0.4 is 0 Å². The van der Waals surface area contributed by atoms with E-state index >= 15 is 0 Å². The van der Waals surface area contributed by atoms with Crippen molar-refractivity contribution in [3.63, 3.8) is 0 Å². The third-order valence-corrected chi connectivity index (χ3v) is 3.70. The molecule has 0 aliphatic heterocycles. The van der Waals surface area contributed by atoms with Gasteiger partial charge in [0.1, 0.15) is 0 Å². The van der Waals surface area contributed by atoms with Crippen LogP contribution in [0.2, 0.25) is 0 Å². The largest absolute Gasteiger partial charge is 0.377 e. The Bertz CT molecular complexity index is 353. The number of hydrogen-bond donors (Lipinski definition) is 0. The fourth-order valence-corrected chi connectivity index (χ4v) is 1.78. The van der Waals surface area contributed by atoms with Crippen LogP contribution in [-0.2, 0) is 10.0 Å². The molecule has 1 aromatic rings. The van der Waals surface area contributed by atoms with Crippen molar-refractivity contribution in [3.8, 4) is 0 Å². The molecule has 0 spiro atoms. The highest BCUT2D eigenvalue weighted by atomic mass is 35.5. The standard InChI is InChI=1S/C5H4Cl2FNO2S/c6-5(7,8)12(10,11)9-3-1-2-4-9/h1-4H. The molecule has 0 atom stereocenters. The molecular weight excluding hydrogens is 228 g/mol. The second kappa shape index (κ2) is 2.90. The van der Waals surface area contributed by atoms with Gasteiger partial charge in [-0.25, -0.2) is 3.97 Å². The van der Waals surface area contributed by atoms with Gasteiger partial charge in [-0.05, 0) is 35.3 Å². The Balaban J connectivity index is 3.22. The normalized spacial score (nSPS) is 13.2. The molecule has 12 heavy (non-hydrogen) atoms. The molecule has 0 amide bonds. The summed E-state index contributed by atoms with van der Waals surface area (Å²) in [5.41, 5.74) is 0. The van der Waals surface area contributed by atoms with E-state index in [1.54, 1.807) is 0 Å². The zero-order valence-electron chi connectivity index (χ0n) is 5.62. The van der Waals surface area contributed by atoms with E-state index < -0.39 is 13.9 Å². The topological polar surface area (TPSA) is 39.1 Å². The minimum Gasteiger partial charge on any atom is -0.248 e. The van der Waals surface area contributed by atoms with Gasteiger partial charge in [-0.2, -0.15) is 12.8 Å². The summed E-state index contributed by atoms with van der Waals surface area (Å²) < 4.78 is 32.0. The zero-order chi connectivity index (χ0) is 9.41. The van der Waals surface area contributed by atoms with E-state index in [4.69, 9.17) is 23.2 Å². The minimum absolute atomic E-state index is 0.604. The number of aromatic nitrogens is 1. The van der Waals surface area contributed by atoms with Crippen molar-refractivity contribution in [2.24, 2.45) is 0 Å². The van der Waals surface area contributed by atoms with Gasteiger partial charge in [0.05, 0.1) is 0 Å². The number of halogens is 3. The molecule has 0 aliphatic rings. The van der Waals surface area contributed by atoms with E-state index in [-0.39, 0.29) is 0 Å². The highest BCUT2D eigenvalue weighted by Crippen LogP contribution is 2.30. The van der Waals surface area contributed by atoms with Crippen LogP contribution in [0.3, 0.4) is 0 Å². The minimum atomic E-state index is -4.35. The predicted molar refractivity (Wildman–Crippen MR) is 44.3 cm³/mol. The molecule has 0 N–H and O–H groups in total. The zero-order valence-corrected chi connectivity index (χ0v) is 7.94. The molecule has 0 fully saturated rings. The summed E-state index contributed by atoms with van der Waals surface area (Å²) in [6.07, 6.45) is 2.27. The van der Waals surface area contributed by atoms with Gasteiger partial charge in [0.2, 0.25) is 0 Å². The second-order valence-electron chi connectivity index (χ2n) is 1.96. The Labute approximate surface area is 78.7 Å². The third kappa shape index (κ3) is 1.57. The van der Waals surface area contributed by atoms with E-state index in [1.807, 2.05) is 0 Å². The summed E-state index contributed by atoms with van der Waals surface area (Å²) in [6, 6.07) is 2.83. The van der Waals surface area contributed by atoms with Crippen LogP contribution in [-0.4, -0.2) is 16.3 Å². The van der Waals surface area contributed by atoms with Gasteiger partial charge in [-0.3, -0.25) is 0 Å². The lowest BCUT2D eigenvalue weighted by Gasteiger charge is -2.10. The lowest BCUT2D eigenvalue weighted by atomic mass is 10.7. The predicted octanol–water partition coefficient (Wildman–Crippen LogP) is 1.72. The molecule has 0 radical (unpaired) electrons. The molecular formula is C5H4Cl2FNO2S. The first-order valence-corrected chi connectivity index (χ1v) is 5.00. The monoisotopic (exact) mass is 231 g/mol. The second-order valence-corrected chi connectivity index (χ2v) is 5.58. The van der Waals surface area contributed by atoms with Crippen molar-refractivity contribution >= 4 is 33.2 Å². The average Bonchev–Trinajstić information content (AvgIpc) is 2.34. The quantitative estimate of drug-likeness (QED) is 0.728. The molecule has 1 aromatic heterocycles. The van der Waals surface area contributed by atoms with Gasteiger partial charge in [-0.15, -0.1) is 0 Å². The lowest BCUT2D eigenvalue weighted by Crippen LogP contribution is -2.26. The molecule has 0 bridgehead atoms. The van der Waals surface area contributed by atoms with Gasteiger partial charge < -0.3 is 0 Å². The molecule has 1 rings (SSSR count). The molecule has 0 aromatic carbocycles. The summed E-state index contributed by atoms with van der Waals surface area (Å²) in [5, 5.41) is 0. The Morgan fingerprint density at radius 2 is 1.67 bits per heavy atom. The van der Waals surface area contributed by atoms with Crippen LogP contribution in [0.1, 0.15) is 0 Å². The van der Waals surface area contributed by atoms with Crippen molar-refractivity contribution in [2.45, 2.75) is 3.92 Å². The Hall–Kier alpha value is -0.260. The first-order valence-electron chi connectivity index (χ1n) is 2.80. The van der Waals surface area contributed by atoms with Crippen molar-refractivity contribution in [1.82, 2.24) is 3.97 Å². The summed E-state index contributed by atoms with van der Waals surface area (Å²) in [4.78, 5) is 0. The number of rotatable bonds is 2. The van der Waals surface area contributed by atoms with Crippen LogP contribution in [0.25, 0.3) is 0 Å². The van der Waals surface area contributed by atoms with Crippen molar-refractivity contribution in [3.05, 3.63) is 24.5 Å². The Morgan fingerprint density at radius 3 is 2.00 bits per heavy atom. The lowest BCUT2D eigenvalue weighted by molar-refractivity contribution is 0.464. The maximum absolute atomic E-state index is 12.7. The SMILES string of the molecule is O=S(=O)(n1cccc1)C(F)(Cl)Cl. The van der Waals surface area contributed by atoms with Gasteiger partial charge >= 0.3 is 13.9 Å². The maximum Gasteiger partial charge on any atom is 0.377 e. The number of hydrogen-bond acceptors (Lipinski definition) is 2. The molecule has 0 saturated carbocycles. The summed E-state index contributed by atoms with van der Waals surface area (Å²) in [7, 11) is -4.35. The average molecular weight is 232 g/mol. The summed E-state index contributed by atoms with van der Waals surface area (Å²) >= 11 is 9.61. The Kier molecular flexibility index (Phi) is 2.38.